The maximum absolute atomic E-state index is 12.6. The number of carbonyl (C=O) groups excluding carboxylic acids is 1. The Bertz CT molecular complexity index is 792. The standard InChI is InChI=1S/C20H30N6OS/c1-24(2)11-8-21-19(27)18-23-22-17-3-5-20(15-26(17)18)6-9-25(10-7-20)13-16-4-12-28-14-16/h4,12,14H,3,5-11,13,15H2,1-2H3,(H,21,27). The molecule has 0 saturated carbocycles. The van der Waals surface area contributed by atoms with Crippen molar-refractivity contribution < 1.29 is 4.79 Å². The third-order valence-electron chi connectivity index (χ3n) is 6.15. The second-order valence-electron chi connectivity index (χ2n) is 8.49. The van der Waals surface area contributed by atoms with Crippen LogP contribution in [0.5, 0.6) is 0 Å². The fraction of sp³-hybridized carbons (Fsp3) is 0.650. The Morgan fingerprint density at radius 3 is 2.82 bits per heavy atom. The van der Waals surface area contributed by atoms with Gasteiger partial charge in [-0.25, -0.2) is 0 Å². The molecular weight excluding hydrogens is 372 g/mol. The van der Waals surface area contributed by atoms with Crippen LogP contribution in [0.15, 0.2) is 16.8 Å². The van der Waals surface area contributed by atoms with Crippen LogP contribution < -0.4 is 5.32 Å². The van der Waals surface area contributed by atoms with Gasteiger partial charge in [-0.05, 0) is 74.3 Å². The lowest BCUT2D eigenvalue weighted by atomic mass is 9.73. The van der Waals surface area contributed by atoms with Gasteiger partial charge in [-0.1, -0.05) is 0 Å². The summed E-state index contributed by atoms with van der Waals surface area (Å²) in [6.07, 6.45) is 4.43. The summed E-state index contributed by atoms with van der Waals surface area (Å²) in [5, 5.41) is 15.9. The molecule has 0 unspecified atom stereocenters. The van der Waals surface area contributed by atoms with Gasteiger partial charge in [-0.2, -0.15) is 11.3 Å². The highest BCUT2D eigenvalue weighted by atomic mass is 32.1. The molecule has 0 aliphatic carbocycles. The Kier molecular flexibility index (Phi) is 5.80. The lowest BCUT2D eigenvalue weighted by Crippen LogP contribution is -2.45. The summed E-state index contributed by atoms with van der Waals surface area (Å²) in [6.45, 7) is 5.61. The number of aromatic nitrogens is 3. The van der Waals surface area contributed by atoms with Crippen molar-refractivity contribution in [2.45, 2.75) is 38.8 Å². The molecular formula is C20H30N6OS. The summed E-state index contributed by atoms with van der Waals surface area (Å²) in [5.41, 5.74) is 1.70. The minimum absolute atomic E-state index is 0.104. The van der Waals surface area contributed by atoms with E-state index in [1.54, 1.807) is 11.3 Å². The summed E-state index contributed by atoms with van der Waals surface area (Å²) < 4.78 is 2.09. The third kappa shape index (κ3) is 4.29. The number of nitrogens with one attached hydrogen (secondary N) is 1. The molecule has 1 fully saturated rings. The molecule has 1 N–H and O–H groups in total. The van der Waals surface area contributed by atoms with E-state index < -0.39 is 0 Å². The second-order valence-corrected chi connectivity index (χ2v) is 9.27. The Morgan fingerprint density at radius 1 is 1.29 bits per heavy atom. The number of fused-ring (bicyclic) bond motifs is 1. The number of hydrogen-bond donors (Lipinski definition) is 1. The van der Waals surface area contributed by atoms with Crippen molar-refractivity contribution in [3.8, 4) is 0 Å². The van der Waals surface area contributed by atoms with Crippen molar-refractivity contribution in [1.29, 1.82) is 0 Å². The average molecular weight is 403 g/mol. The number of hydrogen-bond acceptors (Lipinski definition) is 6. The van der Waals surface area contributed by atoms with Crippen LogP contribution in [-0.2, 0) is 19.5 Å². The van der Waals surface area contributed by atoms with Gasteiger partial charge in [0.1, 0.15) is 5.82 Å². The van der Waals surface area contributed by atoms with Crippen LogP contribution in [0.25, 0.3) is 0 Å². The van der Waals surface area contributed by atoms with E-state index in [9.17, 15) is 4.79 Å². The maximum Gasteiger partial charge on any atom is 0.289 e. The first-order chi connectivity index (χ1) is 13.5. The first kappa shape index (κ1) is 19.5. The highest BCUT2D eigenvalue weighted by Crippen LogP contribution is 2.41. The van der Waals surface area contributed by atoms with Crippen molar-refractivity contribution in [1.82, 2.24) is 29.9 Å². The molecule has 7 nitrogen and oxygen atoms in total. The molecule has 4 rings (SSSR count). The Labute approximate surface area is 170 Å². The fourth-order valence-corrected chi connectivity index (χ4v) is 5.01. The number of amides is 1. The van der Waals surface area contributed by atoms with Crippen LogP contribution in [0.2, 0.25) is 0 Å². The lowest BCUT2D eigenvalue weighted by Gasteiger charge is -2.44. The molecule has 1 saturated heterocycles. The van der Waals surface area contributed by atoms with Crippen LogP contribution in [0, 0.1) is 5.41 Å². The molecule has 2 aliphatic rings. The van der Waals surface area contributed by atoms with Gasteiger partial charge in [0.2, 0.25) is 5.82 Å². The van der Waals surface area contributed by atoms with E-state index in [0.29, 0.717) is 12.4 Å². The highest BCUT2D eigenvalue weighted by Gasteiger charge is 2.39. The zero-order valence-corrected chi connectivity index (χ0v) is 17.7. The number of likely N-dealkylation sites (N-methyl/N-ethyl adjacent to an activating group) is 1. The Balaban J connectivity index is 1.38. The van der Waals surface area contributed by atoms with Crippen LogP contribution >= 0.6 is 11.3 Å². The molecule has 0 radical (unpaired) electrons. The molecule has 0 atom stereocenters. The normalized spacial score (nSPS) is 19.1. The molecule has 2 aromatic heterocycles. The maximum atomic E-state index is 12.6. The lowest BCUT2D eigenvalue weighted by molar-refractivity contribution is 0.0618. The minimum Gasteiger partial charge on any atom is -0.348 e. The Morgan fingerprint density at radius 2 is 2.11 bits per heavy atom. The van der Waals surface area contributed by atoms with Crippen LogP contribution in [0.4, 0.5) is 0 Å². The van der Waals surface area contributed by atoms with E-state index in [2.05, 4.69) is 46.7 Å². The number of aryl methyl sites for hydroxylation is 1. The van der Waals surface area contributed by atoms with Gasteiger partial charge in [0.25, 0.3) is 5.91 Å². The van der Waals surface area contributed by atoms with Crippen molar-refractivity contribution >= 4 is 17.2 Å². The monoisotopic (exact) mass is 402 g/mol. The van der Waals surface area contributed by atoms with Crippen LogP contribution in [-0.4, -0.2) is 70.7 Å². The SMILES string of the molecule is CN(C)CCNC(=O)c1nnc2n1CC1(CC2)CCN(Cc2ccsc2)CC1. The molecule has 4 heterocycles. The largest absolute Gasteiger partial charge is 0.348 e. The smallest absolute Gasteiger partial charge is 0.289 e. The van der Waals surface area contributed by atoms with E-state index in [-0.39, 0.29) is 11.3 Å². The molecule has 0 bridgehead atoms. The van der Waals surface area contributed by atoms with E-state index in [4.69, 9.17) is 0 Å². The summed E-state index contributed by atoms with van der Waals surface area (Å²) in [7, 11) is 4.00. The predicted octanol–water partition coefficient (Wildman–Crippen LogP) is 1.86. The molecule has 28 heavy (non-hydrogen) atoms. The minimum atomic E-state index is -0.104. The fourth-order valence-electron chi connectivity index (χ4n) is 4.35. The summed E-state index contributed by atoms with van der Waals surface area (Å²) in [5.74, 6) is 1.34. The molecule has 1 amide bonds. The number of piperidine rings is 1. The van der Waals surface area contributed by atoms with E-state index >= 15 is 0 Å². The van der Waals surface area contributed by atoms with Gasteiger partial charge in [0.15, 0.2) is 0 Å². The predicted molar refractivity (Wildman–Crippen MR) is 110 cm³/mol. The van der Waals surface area contributed by atoms with Gasteiger partial charge in [0, 0.05) is 32.6 Å². The van der Waals surface area contributed by atoms with Crippen molar-refractivity contribution in [2.24, 2.45) is 5.41 Å². The topological polar surface area (TPSA) is 66.3 Å². The summed E-state index contributed by atoms with van der Waals surface area (Å²) in [4.78, 5) is 17.2. The van der Waals surface area contributed by atoms with Crippen molar-refractivity contribution in [3.05, 3.63) is 34.0 Å². The van der Waals surface area contributed by atoms with Gasteiger partial charge in [-0.3, -0.25) is 9.69 Å². The van der Waals surface area contributed by atoms with Gasteiger partial charge in [0.05, 0.1) is 0 Å². The first-order valence-electron chi connectivity index (χ1n) is 10.1. The summed E-state index contributed by atoms with van der Waals surface area (Å²) in [6, 6.07) is 2.22. The quantitative estimate of drug-likeness (QED) is 0.799. The Hall–Kier alpha value is -1.77. The zero-order chi connectivity index (χ0) is 19.6. The number of thiophene rings is 1. The molecule has 152 valence electrons. The van der Waals surface area contributed by atoms with E-state index in [1.165, 1.54) is 18.4 Å². The first-order valence-corrected chi connectivity index (χ1v) is 11.1. The zero-order valence-electron chi connectivity index (χ0n) is 16.9. The number of nitrogens with zero attached hydrogens (tertiary/aromatic N) is 5. The molecule has 2 aliphatic heterocycles. The molecule has 8 heteroatoms. The third-order valence-corrected chi connectivity index (χ3v) is 6.88. The average Bonchev–Trinajstić information content (AvgIpc) is 3.33. The van der Waals surface area contributed by atoms with Gasteiger partial charge >= 0.3 is 0 Å². The molecule has 2 aromatic rings. The summed E-state index contributed by atoms with van der Waals surface area (Å²) >= 11 is 1.77. The van der Waals surface area contributed by atoms with Crippen LogP contribution in [0.3, 0.4) is 0 Å². The van der Waals surface area contributed by atoms with E-state index in [0.717, 1.165) is 51.4 Å². The molecule has 1 spiro atoms. The number of likely N-dealkylation sites (tertiary alicyclic amines) is 1. The van der Waals surface area contributed by atoms with Crippen LogP contribution in [0.1, 0.15) is 41.3 Å². The number of rotatable bonds is 6. The van der Waals surface area contributed by atoms with E-state index in [1.807, 2.05) is 14.1 Å². The highest BCUT2D eigenvalue weighted by molar-refractivity contribution is 7.07. The molecule has 0 aromatic carbocycles. The van der Waals surface area contributed by atoms with Gasteiger partial charge in [-0.15, -0.1) is 10.2 Å². The second kappa shape index (κ2) is 8.31. The van der Waals surface area contributed by atoms with Gasteiger partial charge < -0.3 is 14.8 Å². The van der Waals surface area contributed by atoms with Crippen molar-refractivity contribution in [3.63, 3.8) is 0 Å². The number of carbonyl (C=O) groups is 1. The van der Waals surface area contributed by atoms with Crippen molar-refractivity contribution in [2.75, 3.05) is 40.3 Å².